The molecule has 8 heteroatoms. The highest BCUT2D eigenvalue weighted by atomic mass is 19.1. The van der Waals surface area contributed by atoms with Gasteiger partial charge in [-0.05, 0) is 30.2 Å². The van der Waals surface area contributed by atoms with E-state index in [1.807, 2.05) is 56.3 Å². The number of nitrogens with zero attached hydrogens (tertiary/aromatic N) is 5. The first-order valence-electron chi connectivity index (χ1n) is 12.4. The quantitative estimate of drug-likeness (QED) is 0.476. The Hall–Kier alpha value is -3.81. The third kappa shape index (κ3) is 6.05. The molecule has 1 aliphatic rings. The van der Waals surface area contributed by atoms with E-state index in [1.54, 1.807) is 17.0 Å². The molecule has 7 nitrogen and oxygen atoms in total. The van der Waals surface area contributed by atoms with Crippen molar-refractivity contribution >= 4 is 17.6 Å². The van der Waals surface area contributed by atoms with Gasteiger partial charge in [0.15, 0.2) is 5.82 Å². The lowest BCUT2D eigenvalue weighted by molar-refractivity contribution is -0.132. The Kier molecular flexibility index (Phi) is 8.25. The zero-order valence-electron chi connectivity index (χ0n) is 20.8. The highest BCUT2D eigenvalue weighted by Gasteiger charge is 2.27. The van der Waals surface area contributed by atoms with Crippen molar-refractivity contribution in [3.8, 4) is 11.3 Å². The standard InChI is InChI=1S/C28H32FN5O2/c1-3-21(2)19-34(28(36)23-11-7-8-12-24(23)29)20-27(35)33-17-15-32(16-18-33)26-14-13-25(30-31-26)22-9-5-4-6-10-22/h4-14,21H,3,15-20H2,1-2H3/t21-/m0/s1. The molecule has 2 aromatic carbocycles. The van der Waals surface area contributed by atoms with Crippen molar-refractivity contribution in [2.24, 2.45) is 5.92 Å². The fraction of sp³-hybridized carbons (Fsp3) is 0.357. The first kappa shape index (κ1) is 25.3. The van der Waals surface area contributed by atoms with Gasteiger partial charge in [-0.3, -0.25) is 9.59 Å². The first-order valence-corrected chi connectivity index (χ1v) is 12.4. The normalized spacial score (nSPS) is 14.4. The number of carbonyl (C=O) groups is 2. The van der Waals surface area contributed by atoms with Crippen molar-refractivity contribution in [1.82, 2.24) is 20.0 Å². The highest BCUT2D eigenvalue weighted by Crippen LogP contribution is 2.19. The van der Waals surface area contributed by atoms with Crippen LogP contribution in [0, 0.1) is 11.7 Å². The number of anilines is 1. The average Bonchev–Trinajstić information content (AvgIpc) is 2.93. The van der Waals surface area contributed by atoms with Gasteiger partial charge < -0.3 is 14.7 Å². The number of carbonyl (C=O) groups excluding carboxylic acids is 2. The summed E-state index contributed by atoms with van der Waals surface area (Å²) in [6.07, 6.45) is 0.859. The summed E-state index contributed by atoms with van der Waals surface area (Å²) in [4.78, 5) is 31.6. The molecule has 0 spiro atoms. The van der Waals surface area contributed by atoms with E-state index in [1.165, 1.54) is 17.0 Å². The number of benzene rings is 2. The van der Waals surface area contributed by atoms with Crippen LogP contribution in [0.2, 0.25) is 0 Å². The summed E-state index contributed by atoms with van der Waals surface area (Å²) in [7, 11) is 0. The van der Waals surface area contributed by atoms with Crippen LogP contribution in [0.15, 0.2) is 66.7 Å². The number of piperazine rings is 1. The Morgan fingerprint density at radius 3 is 2.28 bits per heavy atom. The topological polar surface area (TPSA) is 69.6 Å². The van der Waals surface area contributed by atoms with Crippen LogP contribution in [-0.2, 0) is 4.79 Å². The highest BCUT2D eigenvalue weighted by molar-refractivity contribution is 5.96. The third-order valence-electron chi connectivity index (χ3n) is 6.62. The number of hydrogen-bond donors (Lipinski definition) is 0. The summed E-state index contributed by atoms with van der Waals surface area (Å²) in [6.45, 7) is 6.68. The van der Waals surface area contributed by atoms with E-state index in [-0.39, 0.29) is 23.9 Å². The van der Waals surface area contributed by atoms with E-state index in [2.05, 4.69) is 15.1 Å². The molecule has 2 heterocycles. The van der Waals surface area contributed by atoms with Gasteiger partial charge >= 0.3 is 0 Å². The summed E-state index contributed by atoms with van der Waals surface area (Å²) in [5.41, 5.74) is 1.82. The minimum atomic E-state index is -0.572. The second-order valence-corrected chi connectivity index (χ2v) is 9.19. The minimum absolute atomic E-state index is 0.00375. The maximum absolute atomic E-state index is 14.3. The van der Waals surface area contributed by atoms with Crippen LogP contribution < -0.4 is 4.90 Å². The van der Waals surface area contributed by atoms with E-state index in [4.69, 9.17) is 0 Å². The van der Waals surface area contributed by atoms with Gasteiger partial charge in [0, 0.05) is 38.3 Å². The molecular formula is C28H32FN5O2. The van der Waals surface area contributed by atoms with Gasteiger partial charge in [-0.15, -0.1) is 10.2 Å². The molecule has 3 aromatic rings. The second-order valence-electron chi connectivity index (χ2n) is 9.19. The van der Waals surface area contributed by atoms with Crippen molar-refractivity contribution in [2.45, 2.75) is 20.3 Å². The Morgan fingerprint density at radius 1 is 0.944 bits per heavy atom. The van der Waals surface area contributed by atoms with Gasteiger partial charge in [0.2, 0.25) is 5.91 Å². The van der Waals surface area contributed by atoms with Gasteiger partial charge in [0.1, 0.15) is 12.4 Å². The Labute approximate surface area is 211 Å². The van der Waals surface area contributed by atoms with Gasteiger partial charge in [0.05, 0.1) is 11.3 Å². The van der Waals surface area contributed by atoms with Crippen LogP contribution in [0.1, 0.15) is 30.6 Å². The predicted molar refractivity (Wildman–Crippen MR) is 138 cm³/mol. The molecule has 0 radical (unpaired) electrons. The molecule has 0 saturated carbocycles. The molecule has 1 atom stereocenters. The fourth-order valence-electron chi connectivity index (χ4n) is 4.23. The van der Waals surface area contributed by atoms with Crippen LogP contribution >= 0.6 is 0 Å². The lowest BCUT2D eigenvalue weighted by Gasteiger charge is -2.36. The monoisotopic (exact) mass is 489 g/mol. The predicted octanol–water partition coefficient (Wildman–Crippen LogP) is 4.12. The van der Waals surface area contributed by atoms with E-state index < -0.39 is 11.7 Å². The minimum Gasteiger partial charge on any atom is -0.352 e. The van der Waals surface area contributed by atoms with Crippen molar-refractivity contribution < 1.29 is 14.0 Å². The van der Waals surface area contributed by atoms with Crippen LogP contribution in [-0.4, -0.2) is 71.1 Å². The van der Waals surface area contributed by atoms with Crippen molar-refractivity contribution in [3.05, 3.63) is 78.1 Å². The molecule has 0 unspecified atom stereocenters. The van der Waals surface area contributed by atoms with Crippen molar-refractivity contribution in [2.75, 3.05) is 44.2 Å². The van der Waals surface area contributed by atoms with E-state index in [0.29, 0.717) is 32.7 Å². The number of halogens is 1. The third-order valence-corrected chi connectivity index (χ3v) is 6.62. The summed E-state index contributed by atoms with van der Waals surface area (Å²) in [5, 5.41) is 8.75. The maximum atomic E-state index is 14.3. The lowest BCUT2D eigenvalue weighted by atomic mass is 10.1. The number of rotatable bonds is 8. The smallest absolute Gasteiger partial charge is 0.257 e. The summed E-state index contributed by atoms with van der Waals surface area (Å²) in [6, 6.07) is 19.7. The average molecular weight is 490 g/mol. The molecule has 2 amide bonds. The van der Waals surface area contributed by atoms with Crippen LogP contribution in [0.25, 0.3) is 11.3 Å². The maximum Gasteiger partial charge on any atom is 0.257 e. The summed E-state index contributed by atoms with van der Waals surface area (Å²) >= 11 is 0. The summed E-state index contributed by atoms with van der Waals surface area (Å²) < 4.78 is 14.3. The van der Waals surface area contributed by atoms with E-state index >= 15 is 0 Å². The van der Waals surface area contributed by atoms with Crippen LogP contribution in [0.3, 0.4) is 0 Å². The first-order chi connectivity index (χ1) is 17.5. The molecular weight excluding hydrogens is 457 g/mol. The molecule has 0 bridgehead atoms. The van der Waals surface area contributed by atoms with Gasteiger partial charge in [-0.25, -0.2) is 4.39 Å². The molecule has 1 aliphatic heterocycles. The van der Waals surface area contributed by atoms with E-state index in [9.17, 15) is 14.0 Å². The van der Waals surface area contributed by atoms with E-state index in [0.717, 1.165) is 23.5 Å². The molecule has 0 aliphatic carbocycles. The molecule has 1 aromatic heterocycles. The van der Waals surface area contributed by atoms with Crippen molar-refractivity contribution in [1.29, 1.82) is 0 Å². The number of amides is 2. The SMILES string of the molecule is CC[C@H](C)CN(CC(=O)N1CCN(c2ccc(-c3ccccc3)nn2)CC1)C(=O)c1ccccc1F. The fourth-order valence-corrected chi connectivity index (χ4v) is 4.23. The van der Waals surface area contributed by atoms with Crippen molar-refractivity contribution in [3.63, 3.8) is 0 Å². The lowest BCUT2D eigenvalue weighted by Crippen LogP contribution is -2.52. The van der Waals surface area contributed by atoms with Gasteiger partial charge in [-0.1, -0.05) is 62.7 Å². The summed E-state index contributed by atoms with van der Waals surface area (Å²) in [5.74, 6) is -0.183. The number of aromatic nitrogens is 2. The molecule has 0 N–H and O–H groups in total. The van der Waals surface area contributed by atoms with Gasteiger partial charge in [0.25, 0.3) is 5.91 Å². The Balaban J connectivity index is 1.37. The van der Waals surface area contributed by atoms with Crippen LogP contribution in [0.5, 0.6) is 0 Å². The second kappa shape index (κ2) is 11.7. The molecule has 188 valence electrons. The Morgan fingerprint density at radius 2 is 1.64 bits per heavy atom. The number of hydrogen-bond acceptors (Lipinski definition) is 5. The molecule has 36 heavy (non-hydrogen) atoms. The zero-order valence-corrected chi connectivity index (χ0v) is 20.8. The largest absolute Gasteiger partial charge is 0.352 e. The van der Waals surface area contributed by atoms with Gasteiger partial charge in [-0.2, -0.15) is 0 Å². The molecule has 1 fully saturated rings. The van der Waals surface area contributed by atoms with Crippen LogP contribution in [0.4, 0.5) is 10.2 Å². The Bertz CT molecular complexity index is 1160. The molecule has 4 rings (SSSR count). The molecule has 1 saturated heterocycles. The zero-order chi connectivity index (χ0) is 25.5.